The number of likely N-dealkylation sites (N-methyl/N-ethyl adjacent to an activating group) is 2. The van der Waals surface area contributed by atoms with E-state index < -0.39 is 5.91 Å². The molecule has 0 bridgehead atoms. The Hall–Kier alpha value is -1.84. The van der Waals surface area contributed by atoms with Crippen LogP contribution in [0.3, 0.4) is 0 Å². The third-order valence-corrected chi connectivity index (χ3v) is 3.83. The number of nitrogens with two attached hydrogens (primary N) is 1. The maximum absolute atomic E-state index is 12.3. The number of guanidine groups is 1. The second-order valence-corrected chi connectivity index (χ2v) is 5.65. The third-order valence-electron chi connectivity index (χ3n) is 3.83. The van der Waals surface area contributed by atoms with Crippen LogP contribution in [0.2, 0.25) is 0 Å². The lowest BCUT2D eigenvalue weighted by atomic mass is 10.1. The lowest BCUT2D eigenvalue weighted by Gasteiger charge is -2.25. The average Bonchev–Trinajstić information content (AvgIpc) is 2.59. The predicted molar refractivity (Wildman–Crippen MR) is 116 cm³/mol. The molecule has 0 heterocycles. The molecule has 0 unspecified atom stereocenters. The van der Waals surface area contributed by atoms with Gasteiger partial charge in [-0.25, -0.2) is 4.99 Å². The van der Waals surface area contributed by atoms with E-state index in [1.54, 1.807) is 17.0 Å². The van der Waals surface area contributed by atoms with Gasteiger partial charge in [0.25, 0.3) is 0 Å². The van der Waals surface area contributed by atoms with Gasteiger partial charge >= 0.3 is 0 Å². The minimum atomic E-state index is -0.446. The summed E-state index contributed by atoms with van der Waals surface area (Å²) in [6, 6.07) is 7.03. The molecule has 0 radical (unpaired) electrons. The van der Waals surface area contributed by atoms with Gasteiger partial charge in [-0.1, -0.05) is 12.1 Å². The Labute approximate surface area is 173 Å². The number of halogens is 1. The van der Waals surface area contributed by atoms with Gasteiger partial charge in [0, 0.05) is 32.2 Å². The summed E-state index contributed by atoms with van der Waals surface area (Å²) in [5, 5.41) is 3.19. The van der Waals surface area contributed by atoms with Gasteiger partial charge in [-0.15, -0.1) is 24.0 Å². The molecular formula is C18H30IN5O2. The molecule has 2 amide bonds. The molecule has 0 saturated heterocycles. The highest BCUT2D eigenvalue weighted by molar-refractivity contribution is 14.0. The number of nitrogens with one attached hydrogen (secondary N) is 1. The van der Waals surface area contributed by atoms with E-state index in [4.69, 9.17) is 5.73 Å². The van der Waals surface area contributed by atoms with E-state index in [9.17, 15) is 9.59 Å². The quantitative estimate of drug-likeness (QED) is 0.340. The standard InChI is InChI=1S/C18H29N5O2.HI/c1-5-20-18(22(4)13-16(24)23(6-2)7-3)21-12-14-8-10-15(11-9-14)17(19)25;/h8-11H,5-7,12-13H2,1-4H3,(H2,19,25)(H,20,21);1H. The Morgan fingerprint density at radius 2 is 1.69 bits per heavy atom. The van der Waals surface area contributed by atoms with Crippen molar-refractivity contribution in [2.24, 2.45) is 10.7 Å². The van der Waals surface area contributed by atoms with E-state index in [0.717, 1.165) is 5.56 Å². The van der Waals surface area contributed by atoms with Crippen molar-refractivity contribution in [2.75, 3.05) is 33.2 Å². The average molecular weight is 475 g/mol. The molecule has 0 aromatic heterocycles. The zero-order valence-corrected chi connectivity index (χ0v) is 18.3. The third kappa shape index (κ3) is 7.59. The smallest absolute Gasteiger partial charge is 0.248 e. The zero-order chi connectivity index (χ0) is 18.8. The Kier molecular flexibility index (Phi) is 11.6. The van der Waals surface area contributed by atoms with Gasteiger partial charge in [0.1, 0.15) is 0 Å². The van der Waals surface area contributed by atoms with Crippen molar-refractivity contribution in [1.82, 2.24) is 15.1 Å². The molecule has 8 heteroatoms. The molecule has 0 aliphatic heterocycles. The van der Waals surface area contributed by atoms with Crippen LogP contribution in [0.4, 0.5) is 0 Å². The fraction of sp³-hybridized carbons (Fsp3) is 0.500. The monoisotopic (exact) mass is 475 g/mol. The molecule has 0 aliphatic carbocycles. The molecule has 26 heavy (non-hydrogen) atoms. The second-order valence-electron chi connectivity index (χ2n) is 5.65. The first kappa shape index (κ1) is 24.2. The first-order chi connectivity index (χ1) is 11.9. The van der Waals surface area contributed by atoms with Gasteiger partial charge in [0.2, 0.25) is 11.8 Å². The van der Waals surface area contributed by atoms with Crippen molar-refractivity contribution in [3.05, 3.63) is 35.4 Å². The van der Waals surface area contributed by atoms with Crippen molar-refractivity contribution in [3.8, 4) is 0 Å². The summed E-state index contributed by atoms with van der Waals surface area (Å²) in [6.45, 7) is 8.75. The van der Waals surface area contributed by atoms with Crippen LogP contribution >= 0.6 is 24.0 Å². The van der Waals surface area contributed by atoms with Gasteiger partial charge in [-0.3, -0.25) is 9.59 Å². The number of hydrogen-bond acceptors (Lipinski definition) is 3. The molecule has 1 aromatic carbocycles. The summed E-state index contributed by atoms with van der Waals surface area (Å²) >= 11 is 0. The van der Waals surface area contributed by atoms with Crippen LogP contribution in [0.25, 0.3) is 0 Å². The van der Waals surface area contributed by atoms with Crippen LogP contribution < -0.4 is 11.1 Å². The predicted octanol–water partition coefficient (Wildman–Crippen LogP) is 1.67. The summed E-state index contributed by atoms with van der Waals surface area (Å²) < 4.78 is 0. The minimum absolute atomic E-state index is 0. The maximum Gasteiger partial charge on any atom is 0.248 e. The van der Waals surface area contributed by atoms with Gasteiger partial charge < -0.3 is 20.9 Å². The number of carbonyl (C=O) groups is 2. The molecule has 1 aromatic rings. The van der Waals surface area contributed by atoms with Crippen LogP contribution in [0, 0.1) is 0 Å². The Morgan fingerprint density at radius 3 is 2.15 bits per heavy atom. The van der Waals surface area contributed by atoms with Crippen LogP contribution in [0.5, 0.6) is 0 Å². The first-order valence-electron chi connectivity index (χ1n) is 8.58. The van der Waals surface area contributed by atoms with E-state index in [-0.39, 0.29) is 36.4 Å². The van der Waals surface area contributed by atoms with E-state index in [2.05, 4.69) is 10.3 Å². The maximum atomic E-state index is 12.3. The molecule has 146 valence electrons. The largest absolute Gasteiger partial charge is 0.366 e. The van der Waals surface area contributed by atoms with Crippen LogP contribution in [0.15, 0.2) is 29.3 Å². The van der Waals surface area contributed by atoms with E-state index >= 15 is 0 Å². The fourth-order valence-electron chi connectivity index (χ4n) is 2.36. The number of carbonyl (C=O) groups excluding carboxylic acids is 2. The number of nitrogens with zero attached hydrogens (tertiary/aromatic N) is 3. The highest BCUT2D eigenvalue weighted by Gasteiger charge is 2.14. The van der Waals surface area contributed by atoms with Crippen LogP contribution in [0.1, 0.15) is 36.7 Å². The summed E-state index contributed by atoms with van der Waals surface area (Å²) in [5.41, 5.74) is 6.68. The SMILES string of the molecule is CCNC(=NCc1ccc(C(N)=O)cc1)N(C)CC(=O)N(CC)CC.I. The number of rotatable bonds is 8. The van der Waals surface area contributed by atoms with Crippen LogP contribution in [-0.2, 0) is 11.3 Å². The van der Waals surface area contributed by atoms with Crippen molar-refractivity contribution in [1.29, 1.82) is 0 Å². The van der Waals surface area contributed by atoms with Crippen molar-refractivity contribution in [3.63, 3.8) is 0 Å². The molecule has 0 saturated carbocycles. The van der Waals surface area contributed by atoms with Crippen LogP contribution in [-0.4, -0.2) is 60.8 Å². The molecule has 1 rings (SSSR count). The molecule has 0 atom stereocenters. The lowest BCUT2D eigenvalue weighted by Crippen LogP contribution is -2.45. The highest BCUT2D eigenvalue weighted by atomic mass is 127. The van der Waals surface area contributed by atoms with Gasteiger partial charge in [0.05, 0.1) is 13.1 Å². The van der Waals surface area contributed by atoms with Crippen molar-refractivity contribution >= 4 is 41.8 Å². The number of amides is 2. The molecular weight excluding hydrogens is 445 g/mol. The Bertz CT molecular complexity index is 600. The molecule has 0 aliphatic rings. The fourth-order valence-corrected chi connectivity index (χ4v) is 2.36. The zero-order valence-electron chi connectivity index (χ0n) is 16.0. The molecule has 3 N–H and O–H groups in total. The summed E-state index contributed by atoms with van der Waals surface area (Å²) in [5.74, 6) is 0.295. The molecule has 0 fully saturated rings. The number of primary amides is 1. The minimum Gasteiger partial charge on any atom is -0.366 e. The molecule has 7 nitrogen and oxygen atoms in total. The summed E-state index contributed by atoms with van der Waals surface area (Å²) in [7, 11) is 1.85. The van der Waals surface area contributed by atoms with Gasteiger partial charge in [0.15, 0.2) is 5.96 Å². The van der Waals surface area contributed by atoms with E-state index in [0.29, 0.717) is 37.7 Å². The van der Waals surface area contributed by atoms with Gasteiger partial charge in [-0.05, 0) is 38.5 Å². The second kappa shape index (κ2) is 12.5. The topological polar surface area (TPSA) is 91.0 Å². The van der Waals surface area contributed by atoms with Gasteiger partial charge in [-0.2, -0.15) is 0 Å². The van der Waals surface area contributed by atoms with E-state index in [1.807, 2.05) is 44.9 Å². The normalized spacial score (nSPS) is 10.7. The van der Waals surface area contributed by atoms with Crippen molar-refractivity contribution in [2.45, 2.75) is 27.3 Å². The highest BCUT2D eigenvalue weighted by Crippen LogP contribution is 2.06. The Morgan fingerprint density at radius 1 is 1.12 bits per heavy atom. The Balaban J connectivity index is 0.00000625. The molecule has 0 spiro atoms. The lowest BCUT2D eigenvalue weighted by molar-refractivity contribution is -0.131. The number of aliphatic imine (C=N–C) groups is 1. The summed E-state index contributed by atoms with van der Waals surface area (Å²) in [6.07, 6.45) is 0. The van der Waals surface area contributed by atoms with Crippen molar-refractivity contribution < 1.29 is 9.59 Å². The summed E-state index contributed by atoms with van der Waals surface area (Å²) in [4.78, 5) is 31.5. The van der Waals surface area contributed by atoms with E-state index in [1.165, 1.54) is 0 Å². The number of benzene rings is 1. The number of hydrogen-bond donors (Lipinski definition) is 2. The first-order valence-corrected chi connectivity index (χ1v) is 8.58.